The van der Waals surface area contributed by atoms with Crippen LogP contribution >= 0.6 is 0 Å². The summed E-state index contributed by atoms with van der Waals surface area (Å²) in [6.45, 7) is 3.88. The van der Waals surface area contributed by atoms with Gasteiger partial charge in [-0.2, -0.15) is 0 Å². The third kappa shape index (κ3) is 6.93. The third-order valence-electron chi connectivity index (χ3n) is 7.99. The number of benzene rings is 3. The number of methoxy groups -OCH3 is 1. The number of nitrogens with zero attached hydrogens (tertiary/aromatic N) is 3. The Morgan fingerprint density at radius 2 is 1.83 bits per heavy atom. The molecule has 0 bridgehead atoms. The van der Waals surface area contributed by atoms with Crippen molar-refractivity contribution in [1.29, 1.82) is 0 Å². The van der Waals surface area contributed by atoms with Gasteiger partial charge in [0.2, 0.25) is 0 Å². The Labute approximate surface area is 267 Å². The smallest absolute Gasteiger partial charge is 0.186 e. The molecule has 46 heavy (non-hydrogen) atoms. The second-order valence-corrected chi connectivity index (χ2v) is 11.1. The maximum absolute atomic E-state index is 13.0. The molecule has 0 saturated carbocycles. The monoisotopic (exact) mass is 614 g/mol. The highest BCUT2D eigenvalue weighted by molar-refractivity contribution is 6.34. The second-order valence-electron chi connectivity index (χ2n) is 11.1. The van der Waals surface area contributed by atoms with E-state index in [1.165, 1.54) is 37.4 Å². The molecule has 9 nitrogen and oxygen atoms in total. The summed E-state index contributed by atoms with van der Waals surface area (Å²) in [6, 6.07) is 18.3. The normalized spacial score (nSPS) is 15.3. The van der Waals surface area contributed by atoms with Gasteiger partial charge in [-0.15, -0.1) is 6.42 Å². The van der Waals surface area contributed by atoms with E-state index >= 15 is 0 Å². The van der Waals surface area contributed by atoms with Crippen LogP contribution in [-0.4, -0.2) is 59.8 Å². The topological polar surface area (TPSA) is 103 Å². The van der Waals surface area contributed by atoms with E-state index < -0.39 is 6.10 Å². The molecule has 232 valence electrons. The molecule has 1 fully saturated rings. The van der Waals surface area contributed by atoms with E-state index in [9.17, 15) is 9.59 Å². The van der Waals surface area contributed by atoms with Crippen LogP contribution in [0.3, 0.4) is 0 Å². The molecule has 9 heteroatoms. The standard InChI is InChI=1S/C37H34N4O5/c1-3-34(25-10-5-4-6-11-25)46-27-13-14-31(28(21-27)29-20-26(42)12-15-33(29)43)40-37-30-22-35(44-2)36(23-32(30)38-24-39-37)45-19-9-18-41-16-7-8-17-41/h1,4-6,10-15,20-24,34H,7-9,16-19H2,2H3,(H,38,39,40). The number of hydrogen-bond donors (Lipinski definition) is 1. The van der Waals surface area contributed by atoms with Crippen molar-refractivity contribution in [2.45, 2.75) is 25.4 Å². The Morgan fingerprint density at radius 3 is 2.61 bits per heavy atom. The number of nitrogens with one attached hydrogen (secondary N) is 1. The quantitative estimate of drug-likeness (QED) is 0.115. The lowest BCUT2D eigenvalue weighted by atomic mass is 9.94. The zero-order valence-corrected chi connectivity index (χ0v) is 25.6. The number of terminal acetylenes is 1. The van der Waals surface area contributed by atoms with E-state index in [1.54, 1.807) is 25.3 Å². The first-order chi connectivity index (χ1) is 22.5. The second kappa shape index (κ2) is 14.1. The van der Waals surface area contributed by atoms with Crippen LogP contribution in [0.1, 0.15) is 36.5 Å². The molecule has 1 N–H and O–H groups in total. The van der Waals surface area contributed by atoms with E-state index in [0.29, 0.717) is 51.8 Å². The van der Waals surface area contributed by atoms with Gasteiger partial charge in [0.05, 0.1) is 19.2 Å². The van der Waals surface area contributed by atoms with Crippen molar-refractivity contribution in [3.05, 3.63) is 96.3 Å². The molecule has 1 aliphatic heterocycles. The maximum atomic E-state index is 13.0. The number of carbonyl (C=O) groups excluding carboxylic acids is 2. The van der Waals surface area contributed by atoms with E-state index in [2.05, 4.69) is 26.1 Å². The molecule has 1 aliphatic carbocycles. The number of hydrogen-bond acceptors (Lipinski definition) is 9. The lowest BCUT2D eigenvalue weighted by molar-refractivity contribution is -0.113. The Morgan fingerprint density at radius 1 is 1.00 bits per heavy atom. The zero-order chi connectivity index (χ0) is 31.9. The van der Waals surface area contributed by atoms with Gasteiger partial charge in [-0.1, -0.05) is 36.3 Å². The molecule has 1 unspecified atom stereocenters. The first kappa shape index (κ1) is 30.6. The fourth-order valence-electron chi connectivity index (χ4n) is 5.65. The van der Waals surface area contributed by atoms with Crippen molar-refractivity contribution in [3.63, 3.8) is 0 Å². The third-order valence-corrected chi connectivity index (χ3v) is 7.99. The fourth-order valence-corrected chi connectivity index (χ4v) is 5.65. The summed E-state index contributed by atoms with van der Waals surface area (Å²) < 4.78 is 18.0. The molecule has 0 radical (unpaired) electrons. The predicted molar refractivity (Wildman–Crippen MR) is 177 cm³/mol. The van der Waals surface area contributed by atoms with Crippen LogP contribution < -0.4 is 19.5 Å². The molecular weight excluding hydrogens is 580 g/mol. The molecule has 6 rings (SSSR count). The number of rotatable bonds is 12. The summed E-state index contributed by atoms with van der Waals surface area (Å²) in [4.78, 5) is 36.8. The van der Waals surface area contributed by atoms with Crippen molar-refractivity contribution in [2.24, 2.45) is 0 Å². The number of anilines is 2. The average Bonchev–Trinajstić information content (AvgIpc) is 3.61. The number of ether oxygens (including phenoxy) is 3. The number of fused-ring (bicyclic) bond motifs is 1. The van der Waals surface area contributed by atoms with Gasteiger partial charge in [-0.3, -0.25) is 9.59 Å². The fraction of sp³-hybridized carbons (Fsp3) is 0.243. The molecular formula is C37H34N4O5. The van der Waals surface area contributed by atoms with Crippen molar-refractivity contribution in [2.75, 3.05) is 38.7 Å². The number of carbonyl (C=O) groups is 2. The molecule has 0 spiro atoms. The van der Waals surface area contributed by atoms with E-state index in [4.69, 9.17) is 20.6 Å². The van der Waals surface area contributed by atoms with Gasteiger partial charge in [0.25, 0.3) is 0 Å². The zero-order valence-electron chi connectivity index (χ0n) is 25.6. The Kier molecular flexibility index (Phi) is 9.37. The van der Waals surface area contributed by atoms with Crippen LogP contribution in [0.5, 0.6) is 17.2 Å². The first-order valence-corrected chi connectivity index (χ1v) is 15.3. The SMILES string of the molecule is C#CC(Oc1ccc(Nc2ncnc3cc(OCCCN4CCCC4)c(OC)cc23)c(C2=CC(=O)C=CC2=O)c1)c1ccccc1. The first-order valence-electron chi connectivity index (χ1n) is 15.3. The molecule has 2 heterocycles. The number of aromatic nitrogens is 2. The van der Waals surface area contributed by atoms with E-state index in [-0.39, 0.29) is 17.1 Å². The highest BCUT2D eigenvalue weighted by Gasteiger charge is 2.22. The van der Waals surface area contributed by atoms with Crippen molar-refractivity contribution in [3.8, 4) is 29.6 Å². The van der Waals surface area contributed by atoms with Gasteiger partial charge in [0, 0.05) is 40.4 Å². The van der Waals surface area contributed by atoms with Crippen LogP contribution in [-0.2, 0) is 9.59 Å². The van der Waals surface area contributed by atoms with Gasteiger partial charge in [-0.05, 0) is 74.8 Å². The molecule has 2 aliphatic rings. The van der Waals surface area contributed by atoms with Crippen LogP contribution in [0, 0.1) is 12.3 Å². The molecule has 4 aromatic rings. The van der Waals surface area contributed by atoms with Crippen molar-refractivity contribution in [1.82, 2.24) is 14.9 Å². The van der Waals surface area contributed by atoms with Gasteiger partial charge in [-0.25, -0.2) is 9.97 Å². The number of allylic oxidation sites excluding steroid dienone is 4. The van der Waals surface area contributed by atoms with Crippen molar-refractivity contribution < 1.29 is 23.8 Å². The summed E-state index contributed by atoms with van der Waals surface area (Å²) in [5.41, 5.74) is 2.68. The summed E-state index contributed by atoms with van der Waals surface area (Å²) in [7, 11) is 1.59. The Balaban J connectivity index is 1.30. The summed E-state index contributed by atoms with van der Waals surface area (Å²) >= 11 is 0. The highest BCUT2D eigenvalue weighted by Crippen LogP contribution is 2.38. The molecule has 1 atom stereocenters. The largest absolute Gasteiger partial charge is 0.493 e. The highest BCUT2D eigenvalue weighted by atomic mass is 16.5. The predicted octanol–water partition coefficient (Wildman–Crippen LogP) is 6.09. The average molecular weight is 615 g/mol. The van der Waals surface area contributed by atoms with Crippen LogP contribution in [0.25, 0.3) is 16.5 Å². The van der Waals surface area contributed by atoms with Gasteiger partial charge < -0.3 is 24.4 Å². The summed E-state index contributed by atoms with van der Waals surface area (Å²) in [6.07, 6.45) is 13.9. The summed E-state index contributed by atoms with van der Waals surface area (Å²) in [5.74, 6) is 4.15. The minimum Gasteiger partial charge on any atom is -0.493 e. The number of likely N-dealkylation sites (tertiary alicyclic amines) is 1. The van der Waals surface area contributed by atoms with Crippen LogP contribution in [0.15, 0.2) is 85.2 Å². The van der Waals surface area contributed by atoms with Gasteiger partial charge in [0.15, 0.2) is 29.2 Å². The van der Waals surface area contributed by atoms with Crippen LogP contribution in [0.2, 0.25) is 0 Å². The Bertz CT molecular complexity index is 1860. The van der Waals surface area contributed by atoms with Gasteiger partial charge >= 0.3 is 0 Å². The lowest BCUT2D eigenvalue weighted by Gasteiger charge is -2.19. The maximum Gasteiger partial charge on any atom is 0.186 e. The Hall–Kier alpha value is -5.46. The number of ketones is 2. The minimum absolute atomic E-state index is 0.220. The molecule has 1 saturated heterocycles. The van der Waals surface area contributed by atoms with Gasteiger partial charge in [0.1, 0.15) is 17.9 Å². The molecule has 0 amide bonds. The van der Waals surface area contributed by atoms with E-state index in [1.807, 2.05) is 42.5 Å². The van der Waals surface area contributed by atoms with Crippen LogP contribution in [0.4, 0.5) is 11.5 Å². The van der Waals surface area contributed by atoms with E-state index in [0.717, 1.165) is 31.6 Å². The van der Waals surface area contributed by atoms with Crippen molar-refractivity contribution >= 4 is 39.5 Å². The molecule has 3 aromatic carbocycles. The molecule has 1 aromatic heterocycles. The lowest BCUT2D eigenvalue weighted by Crippen LogP contribution is -2.21. The summed E-state index contributed by atoms with van der Waals surface area (Å²) in [5, 5.41) is 4.04. The minimum atomic E-state index is -0.652.